The van der Waals surface area contributed by atoms with Crippen molar-refractivity contribution in [2.24, 2.45) is 0 Å². The van der Waals surface area contributed by atoms with Crippen LogP contribution in [0.15, 0.2) is 34.7 Å². The Bertz CT molecular complexity index is 648. The molecule has 23 heavy (non-hydrogen) atoms. The first-order valence-electron chi connectivity index (χ1n) is 6.44. The fourth-order valence-electron chi connectivity index (χ4n) is 1.75. The number of thioether (sulfide) groups is 1. The first-order chi connectivity index (χ1) is 10.8. The van der Waals surface area contributed by atoms with Crippen molar-refractivity contribution in [3.63, 3.8) is 0 Å². The van der Waals surface area contributed by atoms with Crippen molar-refractivity contribution < 1.29 is 18.0 Å². The number of hydrogen-bond acceptors (Lipinski definition) is 6. The third-order valence-electron chi connectivity index (χ3n) is 2.68. The number of nitrogens with two attached hydrogens (primary N) is 1. The van der Waals surface area contributed by atoms with Gasteiger partial charge in [-0.05, 0) is 5.56 Å². The molecule has 0 radical (unpaired) electrons. The number of anilines is 1. The molecule has 0 atom stereocenters. The molecule has 0 bridgehead atoms. The van der Waals surface area contributed by atoms with E-state index in [1.807, 2.05) is 0 Å². The Morgan fingerprint density at radius 1 is 1.26 bits per heavy atom. The van der Waals surface area contributed by atoms with Crippen molar-refractivity contribution in [1.29, 1.82) is 0 Å². The molecular weight excluding hydrogens is 349 g/mol. The highest BCUT2D eigenvalue weighted by molar-refractivity contribution is 8.01. The fourth-order valence-corrected chi connectivity index (χ4v) is 3.28. The van der Waals surface area contributed by atoms with E-state index in [2.05, 4.69) is 10.2 Å². The summed E-state index contributed by atoms with van der Waals surface area (Å²) in [6.07, 6.45) is -4.46. The van der Waals surface area contributed by atoms with Crippen molar-refractivity contribution in [2.45, 2.75) is 17.1 Å². The quantitative estimate of drug-likeness (QED) is 0.800. The Kier molecular flexibility index (Phi) is 5.83. The van der Waals surface area contributed by atoms with Crippen molar-refractivity contribution in [1.82, 2.24) is 15.1 Å². The molecule has 0 aliphatic rings. The molecule has 0 unspecified atom stereocenters. The molecule has 124 valence electrons. The van der Waals surface area contributed by atoms with Gasteiger partial charge >= 0.3 is 6.18 Å². The number of hydrogen-bond donors (Lipinski definition) is 1. The lowest BCUT2D eigenvalue weighted by atomic mass is 10.2. The molecule has 0 saturated carbocycles. The molecule has 5 nitrogen and oxygen atoms in total. The van der Waals surface area contributed by atoms with Gasteiger partial charge in [0, 0.05) is 6.54 Å². The number of carbonyl (C=O) groups is 1. The van der Waals surface area contributed by atoms with Crippen LogP contribution in [0.2, 0.25) is 0 Å². The van der Waals surface area contributed by atoms with Crippen LogP contribution in [0.3, 0.4) is 0 Å². The lowest BCUT2D eigenvalue weighted by molar-refractivity contribution is -0.160. The SMILES string of the molecule is Nc1nnc(SCC(=O)N(Cc2ccccc2)CC(F)(F)F)s1. The summed E-state index contributed by atoms with van der Waals surface area (Å²) in [5.41, 5.74) is 6.05. The van der Waals surface area contributed by atoms with Crippen molar-refractivity contribution in [3.8, 4) is 0 Å². The number of carbonyl (C=O) groups excluding carboxylic acids is 1. The number of alkyl halides is 3. The smallest absolute Gasteiger partial charge is 0.374 e. The molecule has 1 amide bonds. The van der Waals surface area contributed by atoms with E-state index in [1.54, 1.807) is 30.3 Å². The van der Waals surface area contributed by atoms with E-state index < -0.39 is 18.6 Å². The molecule has 2 rings (SSSR count). The molecule has 0 spiro atoms. The number of rotatable bonds is 6. The zero-order valence-corrected chi connectivity index (χ0v) is 13.4. The minimum Gasteiger partial charge on any atom is -0.374 e. The molecule has 0 saturated heterocycles. The van der Waals surface area contributed by atoms with Gasteiger partial charge < -0.3 is 10.6 Å². The third kappa shape index (κ3) is 6.06. The van der Waals surface area contributed by atoms with E-state index in [1.165, 1.54) is 0 Å². The summed E-state index contributed by atoms with van der Waals surface area (Å²) in [5, 5.41) is 7.55. The highest BCUT2D eigenvalue weighted by Gasteiger charge is 2.33. The number of nitrogen functional groups attached to an aromatic ring is 1. The van der Waals surface area contributed by atoms with E-state index >= 15 is 0 Å². The zero-order chi connectivity index (χ0) is 16.9. The highest BCUT2D eigenvalue weighted by atomic mass is 32.2. The van der Waals surface area contributed by atoms with E-state index in [0.29, 0.717) is 9.90 Å². The molecule has 2 aromatic rings. The van der Waals surface area contributed by atoms with Crippen LogP contribution in [0.25, 0.3) is 0 Å². The standard InChI is InChI=1S/C13H13F3N4OS2/c14-13(15,16)8-20(6-9-4-2-1-3-5-9)10(21)7-22-12-19-18-11(17)23-12/h1-5H,6-8H2,(H2,17,18). The summed E-state index contributed by atoms with van der Waals surface area (Å²) >= 11 is 2.10. The minimum atomic E-state index is -4.46. The number of nitrogens with zero attached hydrogens (tertiary/aromatic N) is 3. The largest absolute Gasteiger partial charge is 0.406 e. The van der Waals surface area contributed by atoms with E-state index in [4.69, 9.17) is 5.73 Å². The van der Waals surface area contributed by atoms with Crippen LogP contribution in [0, 0.1) is 0 Å². The van der Waals surface area contributed by atoms with Crippen LogP contribution < -0.4 is 5.73 Å². The van der Waals surface area contributed by atoms with Crippen LogP contribution in [-0.4, -0.2) is 39.5 Å². The monoisotopic (exact) mass is 362 g/mol. The second-order valence-corrected chi connectivity index (χ2v) is 6.78. The van der Waals surface area contributed by atoms with Gasteiger partial charge in [-0.25, -0.2) is 0 Å². The predicted octanol–water partition coefficient (Wildman–Crippen LogP) is 2.80. The number of amides is 1. The summed E-state index contributed by atoms with van der Waals surface area (Å²) in [5.74, 6) is -0.776. The van der Waals surface area contributed by atoms with Gasteiger partial charge in [-0.15, -0.1) is 10.2 Å². The molecule has 1 aromatic heterocycles. The Balaban J connectivity index is 2.01. The number of benzene rings is 1. The average molecular weight is 362 g/mol. The molecule has 10 heteroatoms. The molecule has 0 aliphatic heterocycles. The first-order valence-corrected chi connectivity index (χ1v) is 8.24. The predicted molar refractivity (Wildman–Crippen MR) is 83.0 cm³/mol. The van der Waals surface area contributed by atoms with Crippen LogP contribution in [0.4, 0.5) is 18.3 Å². The van der Waals surface area contributed by atoms with E-state index in [-0.39, 0.29) is 17.4 Å². The van der Waals surface area contributed by atoms with Crippen molar-refractivity contribution in [3.05, 3.63) is 35.9 Å². The van der Waals surface area contributed by atoms with Gasteiger partial charge in [0.25, 0.3) is 0 Å². The van der Waals surface area contributed by atoms with Gasteiger partial charge in [0.2, 0.25) is 11.0 Å². The van der Waals surface area contributed by atoms with Crippen LogP contribution >= 0.6 is 23.1 Å². The number of aromatic nitrogens is 2. The van der Waals surface area contributed by atoms with Crippen LogP contribution in [-0.2, 0) is 11.3 Å². The molecule has 0 fully saturated rings. The third-order valence-corrected chi connectivity index (χ3v) is 4.55. The summed E-state index contributed by atoms with van der Waals surface area (Å²) < 4.78 is 38.5. The fraction of sp³-hybridized carbons (Fsp3) is 0.308. The average Bonchev–Trinajstić information content (AvgIpc) is 2.89. The van der Waals surface area contributed by atoms with Crippen molar-refractivity contribution >= 4 is 34.1 Å². The van der Waals surface area contributed by atoms with E-state index in [0.717, 1.165) is 28.0 Å². The Hall–Kier alpha value is -1.81. The Labute approximate surface area is 138 Å². The van der Waals surface area contributed by atoms with Crippen LogP contribution in [0.1, 0.15) is 5.56 Å². The van der Waals surface area contributed by atoms with Gasteiger partial charge in [0.05, 0.1) is 5.75 Å². The second-order valence-electron chi connectivity index (χ2n) is 4.55. The molecule has 1 heterocycles. The second kappa shape index (κ2) is 7.64. The topological polar surface area (TPSA) is 72.1 Å². The molecule has 0 aliphatic carbocycles. The Morgan fingerprint density at radius 3 is 2.52 bits per heavy atom. The molecule has 2 N–H and O–H groups in total. The lowest BCUT2D eigenvalue weighted by Gasteiger charge is -2.23. The van der Waals surface area contributed by atoms with Crippen LogP contribution in [0.5, 0.6) is 0 Å². The van der Waals surface area contributed by atoms with Gasteiger partial charge in [-0.1, -0.05) is 53.4 Å². The summed E-state index contributed by atoms with van der Waals surface area (Å²) in [6, 6.07) is 8.54. The first kappa shape index (κ1) is 17.5. The van der Waals surface area contributed by atoms with Gasteiger partial charge in [-0.3, -0.25) is 4.79 Å². The van der Waals surface area contributed by atoms with Crippen molar-refractivity contribution in [2.75, 3.05) is 18.0 Å². The maximum Gasteiger partial charge on any atom is 0.406 e. The van der Waals surface area contributed by atoms with Gasteiger partial charge in [0.1, 0.15) is 6.54 Å². The maximum absolute atomic E-state index is 12.7. The maximum atomic E-state index is 12.7. The summed E-state index contributed by atoms with van der Waals surface area (Å²) in [7, 11) is 0. The Morgan fingerprint density at radius 2 is 1.96 bits per heavy atom. The number of halogens is 3. The highest BCUT2D eigenvalue weighted by Crippen LogP contribution is 2.25. The van der Waals surface area contributed by atoms with Gasteiger partial charge in [0.15, 0.2) is 4.34 Å². The minimum absolute atomic E-state index is 0.0992. The lowest BCUT2D eigenvalue weighted by Crippen LogP contribution is -2.39. The zero-order valence-electron chi connectivity index (χ0n) is 11.8. The summed E-state index contributed by atoms with van der Waals surface area (Å²) in [6.45, 7) is -1.39. The molecular formula is C13H13F3N4OS2. The summed E-state index contributed by atoms with van der Waals surface area (Å²) in [4.78, 5) is 12.9. The normalized spacial score (nSPS) is 11.4. The van der Waals surface area contributed by atoms with Gasteiger partial charge in [-0.2, -0.15) is 13.2 Å². The molecule has 1 aromatic carbocycles. The van der Waals surface area contributed by atoms with E-state index in [9.17, 15) is 18.0 Å².